The van der Waals surface area contributed by atoms with Gasteiger partial charge in [0.25, 0.3) is 0 Å². The first kappa shape index (κ1) is 21.5. The van der Waals surface area contributed by atoms with Crippen LogP contribution in [0.2, 0.25) is 0 Å². The molecule has 0 bridgehead atoms. The summed E-state index contributed by atoms with van der Waals surface area (Å²) in [7, 11) is 1.28. The normalized spacial score (nSPS) is 11.5. The molecular weight excluding hydrogens is 398 g/mol. The summed E-state index contributed by atoms with van der Waals surface area (Å²) in [6.45, 7) is 2.47. The van der Waals surface area contributed by atoms with Crippen molar-refractivity contribution in [3.05, 3.63) is 76.1 Å². The highest BCUT2D eigenvalue weighted by atomic mass is 32.1. The van der Waals surface area contributed by atoms with Crippen LogP contribution in [0.4, 0.5) is 4.79 Å². The topological polar surface area (TPSA) is 80.3 Å². The molecule has 2 amide bonds. The summed E-state index contributed by atoms with van der Waals surface area (Å²) < 4.78 is 4.66. The van der Waals surface area contributed by atoms with E-state index in [1.165, 1.54) is 7.11 Å². The average Bonchev–Trinajstić information content (AvgIpc) is 3.20. The highest BCUT2D eigenvalue weighted by molar-refractivity contribution is 7.09. The van der Waals surface area contributed by atoms with E-state index >= 15 is 0 Å². The van der Waals surface area contributed by atoms with Gasteiger partial charge in [0.2, 0.25) is 5.91 Å². The summed E-state index contributed by atoms with van der Waals surface area (Å²) in [5.74, 6) is -0.237. The van der Waals surface area contributed by atoms with Crippen molar-refractivity contribution in [2.24, 2.45) is 0 Å². The number of nitrogens with one attached hydrogen (secondary N) is 2. The predicted octanol–water partition coefficient (Wildman–Crippen LogP) is 3.74. The van der Waals surface area contributed by atoms with E-state index in [0.29, 0.717) is 19.4 Å². The number of alkyl carbamates (subject to hydrolysis) is 1. The van der Waals surface area contributed by atoms with Gasteiger partial charge in [0.1, 0.15) is 6.04 Å². The molecule has 2 N–H and O–H groups in total. The van der Waals surface area contributed by atoms with Gasteiger partial charge < -0.3 is 15.4 Å². The van der Waals surface area contributed by atoms with Crippen molar-refractivity contribution in [1.29, 1.82) is 0 Å². The second-order valence-electron chi connectivity index (χ2n) is 6.87. The van der Waals surface area contributed by atoms with E-state index in [2.05, 4.69) is 20.4 Å². The van der Waals surface area contributed by atoms with E-state index in [9.17, 15) is 9.59 Å². The average molecular weight is 424 g/mol. The molecule has 1 heterocycles. The molecule has 0 spiro atoms. The number of nitrogens with zero attached hydrogens (tertiary/aromatic N) is 1. The summed E-state index contributed by atoms with van der Waals surface area (Å²) in [5.41, 5.74) is 4.14. The number of hydrogen-bond acceptors (Lipinski definition) is 5. The Bertz CT molecular complexity index is 971. The van der Waals surface area contributed by atoms with Crippen LogP contribution in [-0.2, 0) is 22.4 Å². The quantitative estimate of drug-likeness (QED) is 0.578. The third-order valence-electron chi connectivity index (χ3n) is 4.66. The molecule has 6 nitrogen and oxygen atoms in total. The fraction of sp³-hybridized carbons (Fsp3) is 0.261. The zero-order valence-corrected chi connectivity index (χ0v) is 17.9. The molecule has 0 fully saturated rings. The maximum absolute atomic E-state index is 12.6. The molecule has 3 rings (SSSR count). The van der Waals surface area contributed by atoms with Gasteiger partial charge in [-0.3, -0.25) is 4.79 Å². The number of aryl methyl sites for hydroxylation is 1. The Balaban J connectivity index is 1.54. The first-order valence-corrected chi connectivity index (χ1v) is 10.6. The standard InChI is InChI=1S/C23H25N3O3S/c1-16-25-21(15-30-16)19-10-8-17(9-11-19)12-13-24-22(27)20(26-23(28)29-2)14-18-6-4-3-5-7-18/h3-11,15,20H,12-14H2,1-2H3,(H,24,27)(H,26,28). The molecule has 0 radical (unpaired) electrons. The third kappa shape index (κ3) is 6.15. The van der Waals surface area contributed by atoms with Crippen molar-refractivity contribution in [3.8, 4) is 11.3 Å². The van der Waals surface area contributed by atoms with Gasteiger partial charge in [-0.25, -0.2) is 9.78 Å². The largest absolute Gasteiger partial charge is 0.453 e. The van der Waals surface area contributed by atoms with Gasteiger partial charge >= 0.3 is 6.09 Å². The number of methoxy groups -OCH3 is 1. The van der Waals surface area contributed by atoms with Gasteiger partial charge in [-0.15, -0.1) is 11.3 Å². The van der Waals surface area contributed by atoms with Crippen LogP contribution in [0.3, 0.4) is 0 Å². The molecule has 0 aliphatic carbocycles. The molecular formula is C23H25N3O3S. The van der Waals surface area contributed by atoms with Crippen molar-refractivity contribution >= 4 is 23.3 Å². The fourth-order valence-electron chi connectivity index (χ4n) is 3.05. The number of thiazole rings is 1. The van der Waals surface area contributed by atoms with Crippen LogP contribution >= 0.6 is 11.3 Å². The lowest BCUT2D eigenvalue weighted by Crippen LogP contribution is -2.48. The molecule has 3 aromatic rings. The number of benzene rings is 2. The Kier molecular flexibility index (Phi) is 7.57. The minimum atomic E-state index is -0.699. The van der Waals surface area contributed by atoms with Crippen LogP contribution in [0.15, 0.2) is 60.0 Å². The van der Waals surface area contributed by atoms with E-state index < -0.39 is 12.1 Å². The number of rotatable bonds is 8. The highest BCUT2D eigenvalue weighted by Gasteiger charge is 2.21. The van der Waals surface area contributed by atoms with Crippen molar-refractivity contribution in [2.75, 3.05) is 13.7 Å². The SMILES string of the molecule is COC(=O)NC(Cc1ccccc1)C(=O)NCCc1ccc(-c2csc(C)n2)cc1. The molecule has 1 unspecified atom stereocenters. The second-order valence-corrected chi connectivity index (χ2v) is 7.93. The van der Waals surface area contributed by atoms with E-state index in [-0.39, 0.29) is 5.91 Å². The molecule has 0 aliphatic rings. The number of amides is 2. The fourth-order valence-corrected chi connectivity index (χ4v) is 3.67. The molecule has 2 aromatic carbocycles. The summed E-state index contributed by atoms with van der Waals surface area (Å²) in [6, 6.07) is 17.0. The smallest absolute Gasteiger partial charge is 0.407 e. The van der Waals surface area contributed by atoms with Gasteiger partial charge in [-0.05, 0) is 24.5 Å². The Morgan fingerprint density at radius 2 is 1.80 bits per heavy atom. The van der Waals surface area contributed by atoms with E-state index in [1.807, 2.05) is 66.9 Å². The molecule has 30 heavy (non-hydrogen) atoms. The Labute approximate surface area is 180 Å². The zero-order valence-electron chi connectivity index (χ0n) is 17.1. The minimum absolute atomic E-state index is 0.237. The Morgan fingerprint density at radius 1 is 1.07 bits per heavy atom. The van der Waals surface area contributed by atoms with Gasteiger partial charge in [0, 0.05) is 23.9 Å². The first-order valence-electron chi connectivity index (χ1n) is 9.72. The lowest BCUT2D eigenvalue weighted by atomic mass is 10.0. The Morgan fingerprint density at radius 3 is 2.43 bits per heavy atom. The lowest BCUT2D eigenvalue weighted by molar-refractivity contribution is -0.123. The summed E-state index contributed by atoms with van der Waals surface area (Å²) in [6.07, 6.45) is 0.459. The van der Waals surface area contributed by atoms with E-state index in [1.54, 1.807) is 11.3 Å². The van der Waals surface area contributed by atoms with E-state index in [0.717, 1.165) is 27.4 Å². The van der Waals surface area contributed by atoms with E-state index in [4.69, 9.17) is 0 Å². The number of hydrogen-bond donors (Lipinski definition) is 2. The number of aromatic nitrogens is 1. The molecule has 0 saturated carbocycles. The molecule has 0 aliphatic heterocycles. The monoisotopic (exact) mass is 423 g/mol. The van der Waals surface area contributed by atoms with Gasteiger partial charge in [-0.1, -0.05) is 54.6 Å². The van der Waals surface area contributed by atoms with Gasteiger partial charge in [-0.2, -0.15) is 0 Å². The van der Waals surface area contributed by atoms with Crippen molar-refractivity contribution in [2.45, 2.75) is 25.8 Å². The van der Waals surface area contributed by atoms with Crippen LogP contribution in [0.5, 0.6) is 0 Å². The Hall–Kier alpha value is -3.19. The molecule has 0 saturated heterocycles. The molecule has 1 atom stereocenters. The summed E-state index contributed by atoms with van der Waals surface area (Å²) in [5, 5.41) is 8.61. The molecule has 156 valence electrons. The van der Waals surface area contributed by atoms with Crippen molar-refractivity contribution in [3.63, 3.8) is 0 Å². The van der Waals surface area contributed by atoms with Gasteiger partial charge in [0.05, 0.1) is 17.8 Å². The number of carbonyl (C=O) groups excluding carboxylic acids is 2. The van der Waals surface area contributed by atoms with Crippen LogP contribution in [-0.4, -0.2) is 36.7 Å². The number of ether oxygens (including phenoxy) is 1. The third-order valence-corrected chi connectivity index (χ3v) is 5.43. The second kappa shape index (κ2) is 10.5. The predicted molar refractivity (Wildman–Crippen MR) is 118 cm³/mol. The summed E-state index contributed by atoms with van der Waals surface area (Å²) in [4.78, 5) is 28.8. The number of carbonyl (C=O) groups is 2. The van der Waals surface area contributed by atoms with Crippen molar-refractivity contribution in [1.82, 2.24) is 15.6 Å². The van der Waals surface area contributed by atoms with Crippen LogP contribution in [0, 0.1) is 6.92 Å². The summed E-state index contributed by atoms with van der Waals surface area (Å²) >= 11 is 1.63. The minimum Gasteiger partial charge on any atom is -0.453 e. The van der Waals surface area contributed by atoms with Crippen LogP contribution in [0.1, 0.15) is 16.1 Å². The zero-order chi connectivity index (χ0) is 21.3. The van der Waals surface area contributed by atoms with Crippen LogP contribution < -0.4 is 10.6 Å². The molecule has 1 aromatic heterocycles. The lowest BCUT2D eigenvalue weighted by Gasteiger charge is -2.18. The van der Waals surface area contributed by atoms with Gasteiger partial charge in [0.15, 0.2) is 0 Å². The molecule has 7 heteroatoms. The first-order chi connectivity index (χ1) is 14.5. The maximum atomic E-state index is 12.6. The van der Waals surface area contributed by atoms with Crippen LogP contribution in [0.25, 0.3) is 11.3 Å². The maximum Gasteiger partial charge on any atom is 0.407 e. The highest BCUT2D eigenvalue weighted by Crippen LogP contribution is 2.21. The van der Waals surface area contributed by atoms with Crippen molar-refractivity contribution < 1.29 is 14.3 Å².